The second-order valence-electron chi connectivity index (χ2n) is 2.31. The second-order valence-corrected chi connectivity index (χ2v) is 2.31. The molecule has 0 aromatic carbocycles. The molecule has 0 saturated carbocycles. The zero-order valence-electron chi connectivity index (χ0n) is 7.06. The molecule has 0 aliphatic heterocycles. The van der Waals surface area contributed by atoms with E-state index < -0.39 is 0 Å². The maximum Gasteiger partial charge on any atom is 0.234 e. The van der Waals surface area contributed by atoms with Gasteiger partial charge in [0, 0.05) is 19.0 Å². The Labute approximate surface area is 71.2 Å². The summed E-state index contributed by atoms with van der Waals surface area (Å²) < 4.78 is 6.50. The average molecular weight is 168 g/mol. The largest absolute Gasteiger partial charge is 0.381 e. The molecule has 0 aliphatic rings. The van der Waals surface area contributed by atoms with Crippen molar-refractivity contribution >= 4 is 5.91 Å². The normalized spacial score (nSPS) is 10.1. The van der Waals surface area contributed by atoms with Crippen LogP contribution >= 0.6 is 0 Å². The molecular weight excluding hydrogens is 156 g/mol. The fraction of sp³-hybridized carbons (Fsp3) is 0.500. The van der Waals surface area contributed by atoms with Gasteiger partial charge in [-0.15, -0.1) is 0 Å². The molecule has 1 aromatic heterocycles. The molecule has 4 nitrogen and oxygen atoms in total. The zero-order valence-corrected chi connectivity index (χ0v) is 7.06. The van der Waals surface area contributed by atoms with Gasteiger partial charge in [0.25, 0.3) is 0 Å². The molecule has 0 spiro atoms. The van der Waals surface area contributed by atoms with Gasteiger partial charge in [-0.3, -0.25) is 9.36 Å². The van der Waals surface area contributed by atoms with Crippen LogP contribution in [0, 0.1) is 0 Å². The summed E-state index contributed by atoms with van der Waals surface area (Å²) in [5.74, 6) is 0.0148. The van der Waals surface area contributed by atoms with Gasteiger partial charge < -0.3 is 4.74 Å². The van der Waals surface area contributed by atoms with Crippen LogP contribution in [0.25, 0.3) is 0 Å². The lowest BCUT2D eigenvalue weighted by Crippen LogP contribution is -2.11. The Balaban J connectivity index is 2.30. The van der Waals surface area contributed by atoms with E-state index in [2.05, 4.69) is 4.98 Å². The molecule has 12 heavy (non-hydrogen) atoms. The highest BCUT2D eigenvalue weighted by Crippen LogP contribution is 1.91. The first-order valence-electron chi connectivity index (χ1n) is 3.93. The van der Waals surface area contributed by atoms with E-state index in [1.165, 1.54) is 10.9 Å². The molecule has 1 heterocycles. The van der Waals surface area contributed by atoms with Crippen molar-refractivity contribution in [2.24, 2.45) is 0 Å². The molecule has 4 heteroatoms. The van der Waals surface area contributed by atoms with Gasteiger partial charge in [-0.05, 0) is 6.92 Å². The van der Waals surface area contributed by atoms with Crippen molar-refractivity contribution < 1.29 is 9.53 Å². The molecule has 0 fully saturated rings. The summed E-state index contributed by atoms with van der Waals surface area (Å²) in [7, 11) is 0. The first-order valence-corrected chi connectivity index (χ1v) is 3.93. The number of imidazole rings is 1. The van der Waals surface area contributed by atoms with Crippen LogP contribution in [-0.4, -0.2) is 28.7 Å². The second kappa shape index (κ2) is 4.66. The lowest BCUT2D eigenvalue weighted by atomic mass is 10.4. The lowest BCUT2D eigenvalue weighted by molar-refractivity contribution is 0.0817. The van der Waals surface area contributed by atoms with E-state index in [1.54, 1.807) is 12.4 Å². The van der Waals surface area contributed by atoms with Crippen LogP contribution in [0.4, 0.5) is 0 Å². The van der Waals surface area contributed by atoms with Crippen LogP contribution in [0.2, 0.25) is 0 Å². The van der Waals surface area contributed by atoms with Gasteiger partial charge in [0.05, 0.1) is 13.0 Å². The highest BCUT2D eigenvalue weighted by atomic mass is 16.5. The van der Waals surface area contributed by atoms with Crippen LogP contribution in [-0.2, 0) is 4.74 Å². The van der Waals surface area contributed by atoms with Crippen molar-refractivity contribution in [3.8, 4) is 0 Å². The minimum absolute atomic E-state index is 0.0148. The van der Waals surface area contributed by atoms with Crippen LogP contribution in [0.15, 0.2) is 18.7 Å². The van der Waals surface area contributed by atoms with Crippen molar-refractivity contribution in [1.29, 1.82) is 0 Å². The summed E-state index contributed by atoms with van der Waals surface area (Å²) in [6.45, 7) is 3.03. The number of hydrogen-bond acceptors (Lipinski definition) is 3. The Morgan fingerprint density at radius 3 is 3.08 bits per heavy atom. The Morgan fingerprint density at radius 1 is 1.67 bits per heavy atom. The molecule has 0 aliphatic carbocycles. The monoisotopic (exact) mass is 168 g/mol. The number of ether oxygens (including phenoxy) is 1. The molecule has 0 amide bonds. The molecule has 0 radical (unpaired) electrons. The van der Waals surface area contributed by atoms with E-state index in [-0.39, 0.29) is 5.91 Å². The van der Waals surface area contributed by atoms with Crippen molar-refractivity contribution in [1.82, 2.24) is 9.55 Å². The minimum Gasteiger partial charge on any atom is -0.381 e. The van der Waals surface area contributed by atoms with Crippen LogP contribution in [0.3, 0.4) is 0 Å². The molecule has 0 unspecified atom stereocenters. The van der Waals surface area contributed by atoms with E-state index in [9.17, 15) is 4.79 Å². The van der Waals surface area contributed by atoms with Gasteiger partial charge in [-0.1, -0.05) is 0 Å². The number of nitrogens with zero attached hydrogens (tertiary/aromatic N) is 2. The van der Waals surface area contributed by atoms with Crippen molar-refractivity contribution in [3.63, 3.8) is 0 Å². The molecule has 0 atom stereocenters. The summed E-state index contributed by atoms with van der Waals surface area (Å²) in [6.07, 6.45) is 5.12. The predicted octanol–water partition coefficient (Wildman–Crippen LogP) is 0.950. The minimum atomic E-state index is 0.0148. The summed E-state index contributed by atoms with van der Waals surface area (Å²) >= 11 is 0. The highest BCUT2D eigenvalue weighted by Gasteiger charge is 2.01. The quantitative estimate of drug-likeness (QED) is 0.629. The Morgan fingerprint density at radius 2 is 2.50 bits per heavy atom. The third kappa shape index (κ3) is 2.47. The lowest BCUT2D eigenvalue weighted by Gasteiger charge is -2.00. The van der Waals surface area contributed by atoms with Crippen molar-refractivity contribution in [2.45, 2.75) is 13.3 Å². The number of carbonyl (C=O) groups excluding carboxylic acids is 1. The van der Waals surface area contributed by atoms with Crippen molar-refractivity contribution in [2.75, 3.05) is 13.2 Å². The Kier molecular flexibility index (Phi) is 3.47. The van der Waals surface area contributed by atoms with E-state index in [1.807, 2.05) is 6.92 Å². The number of carbonyl (C=O) groups is 1. The maximum absolute atomic E-state index is 11.2. The molecular formula is C8H12N2O2. The van der Waals surface area contributed by atoms with E-state index in [0.717, 1.165) is 0 Å². The average Bonchev–Trinajstić information content (AvgIpc) is 2.56. The van der Waals surface area contributed by atoms with Gasteiger partial charge in [-0.25, -0.2) is 4.98 Å². The van der Waals surface area contributed by atoms with Gasteiger partial charge in [0.1, 0.15) is 6.33 Å². The maximum atomic E-state index is 11.2. The van der Waals surface area contributed by atoms with Crippen molar-refractivity contribution in [3.05, 3.63) is 18.7 Å². The van der Waals surface area contributed by atoms with Gasteiger partial charge in [-0.2, -0.15) is 0 Å². The smallest absolute Gasteiger partial charge is 0.234 e. The van der Waals surface area contributed by atoms with Gasteiger partial charge >= 0.3 is 0 Å². The topological polar surface area (TPSA) is 44.1 Å². The van der Waals surface area contributed by atoms with E-state index in [0.29, 0.717) is 19.6 Å². The van der Waals surface area contributed by atoms with Crippen LogP contribution in [0.1, 0.15) is 18.1 Å². The predicted molar refractivity (Wildman–Crippen MR) is 44.0 cm³/mol. The standard InChI is InChI=1S/C8H12N2O2/c1-2-12-6-3-8(11)10-5-4-9-7-10/h4-5,7H,2-3,6H2,1H3. The summed E-state index contributed by atoms with van der Waals surface area (Å²) in [6, 6.07) is 0. The molecule has 66 valence electrons. The Bertz CT molecular complexity index is 231. The highest BCUT2D eigenvalue weighted by molar-refractivity contribution is 5.78. The molecule has 1 aromatic rings. The fourth-order valence-electron chi connectivity index (χ4n) is 0.840. The van der Waals surface area contributed by atoms with E-state index in [4.69, 9.17) is 4.74 Å². The van der Waals surface area contributed by atoms with E-state index >= 15 is 0 Å². The zero-order chi connectivity index (χ0) is 8.81. The number of aromatic nitrogens is 2. The van der Waals surface area contributed by atoms with Crippen LogP contribution < -0.4 is 0 Å². The first kappa shape index (κ1) is 8.93. The molecule has 0 bridgehead atoms. The summed E-state index contributed by atoms with van der Waals surface area (Å²) in [5, 5.41) is 0. The molecule has 0 saturated heterocycles. The number of hydrogen-bond donors (Lipinski definition) is 0. The third-order valence-electron chi connectivity index (χ3n) is 1.46. The van der Waals surface area contributed by atoms with Crippen LogP contribution in [0.5, 0.6) is 0 Å². The molecule has 0 N–H and O–H groups in total. The third-order valence-corrected chi connectivity index (χ3v) is 1.46. The first-order chi connectivity index (χ1) is 5.84. The number of rotatable bonds is 4. The summed E-state index contributed by atoms with van der Waals surface area (Å²) in [5.41, 5.74) is 0. The SMILES string of the molecule is CCOCCC(=O)n1ccnc1. The fourth-order valence-corrected chi connectivity index (χ4v) is 0.840. The van der Waals surface area contributed by atoms with Gasteiger partial charge in [0.2, 0.25) is 5.91 Å². The van der Waals surface area contributed by atoms with Gasteiger partial charge in [0.15, 0.2) is 0 Å². The Hall–Kier alpha value is -1.16. The summed E-state index contributed by atoms with van der Waals surface area (Å²) in [4.78, 5) is 15.0. The molecule has 1 rings (SSSR count).